The highest BCUT2D eigenvalue weighted by Crippen LogP contribution is 2.29. The van der Waals surface area contributed by atoms with Gasteiger partial charge in [-0.1, -0.05) is 12.1 Å². The zero-order chi connectivity index (χ0) is 15.6. The largest absolute Gasteiger partial charge is 0.467 e. The molecule has 1 aromatic heterocycles. The molecule has 0 radical (unpaired) electrons. The Bertz CT molecular complexity index is 814. The van der Waals surface area contributed by atoms with Crippen LogP contribution < -0.4 is 10.1 Å². The maximum Gasteiger partial charge on any atom is 0.295 e. The molecule has 4 rings (SSSR count). The van der Waals surface area contributed by atoms with Crippen LogP contribution in [0.5, 0.6) is 5.75 Å². The van der Waals surface area contributed by atoms with E-state index >= 15 is 0 Å². The van der Waals surface area contributed by atoms with Gasteiger partial charge >= 0.3 is 0 Å². The van der Waals surface area contributed by atoms with E-state index in [9.17, 15) is 4.39 Å². The lowest BCUT2D eigenvalue weighted by molar-refractivity contribution is -0.0172. The van der Waals surface area contributed by atoms with Gasteiger partial charge in [0.15, 0.2) is 12.4 Å². The van der Waals surface area contributed by atoms with Crippen molar-refractivity contribution in [1.82, 2.24) is 4.98 Å². The summed E-state index contributed by atoms with van der Waals surface area (Å²) in [6, 6.07) is 11.0. The quantitative estimate of drug-likeness (QED) is 0.799. The summed E-state index contributed by atoms with van der Waals surface area (Å²) < 4.78 is 30.0. The van der Waals surface area contributed by atoms with Crippen LogP contribution in [0.4, 0.5) is 10.4 Å². The van der Waals surface area contributed by atoms with Crippen molar-refractivity contribution in [3.8, 4) is 5.75 Å². The summed E-state index contributed by atoms with van der Waals surface area (Å²) in [6.07, 6.45) is 0.596. The number of anilines is 1. The summed E-state index contributed by atoms with van der Waals surface area (Å²) in [5.41, 5.74) is 3.09. The normalized spacial score (nSPS) is 13.6. The number of rotatable bonds is 4. The van der Waals surface area contributed by atoms with Crippen LogP contribution in [0.25, 0.3) is 11.1 Å². The maximum absolute atomic E-state index is 13.7. The van der Waals surface area contributed by atoms with Crippen LogP contribution >= 0.6 is 0 Å². The van der Waals surface area contributed by atoms with E-state index in [0.29, 0.717) is 25.6 Å². The number of benzene rings is 2. The van der Waals surface area contributed by atoms with Gasteiger partial charge < -0.3 is 19.2 Å². The third-order valence-corrected chi connectivity index (χ3v) is 3.72. The second-order valence-electron chi connectivity index (χ2n) is 5.33. The first-order chi connectivity index (χ1) is 11.3. The second-order valence-corrected chi connectivity index (χ2v) is 5.33. The molecule has 118 valence electrons. The number of para-hydroxylation sites is 2. The number of aromatic nitrogens is 1. The minimum absolute atomic E-state index is 0.199. The lowest BCUT2D eigenvalue weighted by Gasteiger charge is -2.20. The monoisotopic (exact) mass is 314 g/mol. The van der Waals surface area contributed by atoms with Crippen LogP contribution in [-0.2, 0) is 17.8 Å². The predicted octanol–water partition coefficient (Wildman–Crippen LogP) is 3.49. The first kappa shape index (κ1) is 14.0. The molecule has 0 amide bonds. The third-order valence-electron chi connectivity index (χ3n) is 3.72. The van der Waals surface area contributed by atoms with E-state index < -0.39 is 0 Å². The number of oxazole rings is 1. The van der Waals surface area contributed by atoms with Crippen molar-refractivity contribution in [2.45, 2.75) is 13.0 Å². The Balaban J connectivity index is 1.48. The van der Waals surface area contributed by atoms with Gasteiger partial charge in [-0.2, -0.15) is 4.98 Å². The summed E-state index contributed by atoms with van der Waals surface area (Å²) in [5.74, 6) is 0.437. The van der Waals surface area contributed by atoms with E-state index in [1.165, 1.54) is 12.1 Å². The van der Waals surface area contributed by atoms with Crippen molar-refractivity contribution >= 4 is 17.1 Å². The Labute approximate surface area is 132 Å². The smallest absolute Gasteiger partial charge is 0.295 e. The lowest BCUT2D eigenvalue weighted by Crippen LogP contribution is -2.15. The number of nitrogens with zero attached hydrogens (tertiary/aromatic N) is 1. The average Bonchev–Trinajstić information content (AvgIpc) is 2.97. The van der Waals surface area contributed by atoms with Crippen molar-refractivity contribution in [1.29, 1.82) is 0 Å². The van der Waals surface area contributed by atoms with E-state index in [1.807, 2.05) is 24.3 Å². The minimum Gasteiger partial charge on any atom is -0.467 e. The summed E-state index contributed by atoms with van der Waals surface area (Å²) >= 11 is 0. The van der Waals surface area contributed by atoms with Gasteiger partial charge in [-0.3, -0.25) is 0 Å². The highest BCUT2D eigenvalue weighted by atomic mass is 19.1. The number of ether oxygens (including phenoxy) is 2. The Kier molecular flexibility index (Phi) is 3.59. The first-order valence-corrected chi connectivity index (χ1v) is 7.41. The number of nitrogens with one attached hydrogen (secondary N) is 1. The molecule has 0 fully saturated rings. The van der Waals surface area contributed by atoms with E-state index in [1.54, 1.807) is 0 Å². The van der Waals surface area contributed by atoms with Crippen molar-refractivity contribution in [2.75, 3.05) is 18.7 Å². The van der Waals surface area contributed by atoms with Crippen molar-refractivity contribution in [3.05, 3.63) is 53.3 Å². The van der Waals surface area contributed by atoms with Crippen LogP contribution in [0.3, 0.4) is 0 Å². The molecule has 0 saturated heterocycles. The molecule has 0 unspecified atom stereocenters. The lowest BCUT2D eigenvalue weighted by atomic mass is 10.1. The molecule has 0 atom stereocenters. The molecule has 3 aromatic rings. The Morgan fingerprint density at radius 2 is 2.13 bits per heavy atom. The third kappa shape index (κ3) is 2.85. The molecule has 2 aromatic carbocycles. The molecule has 23 heavy (non-hydrogen) atoms. The van der Waals surface area contributed by atoms with Crippen LogP contribution in [0.1, 0.15) is 11.1 Å². The number of halogens is 1. The fourth-order valence-corrected chi connectivity index (χ4v) is 2.69. The van der Waals surface area contributed by atoms with E-state index in [-0.39, 0.29) is 12.6 Å². The van der Waals surface area contributed by atoms with E-state index in [4.69, 9.17) is 13.9 Å². The Morgan fingerprint density at radius 1 is 1.22 bits per heavy atom. The summed E-state index contributed by atoms with van der Waals surface area (Å²) in [5, 5.41) is 3.12. The van der Waals surface area contributed by atoms with E-state index in [0.717, 1.165) is 28.0 Å². The van der Waals surface area contributed by atoms with Crippen LogP contribution in [0.2, 0.25) is 0 Å². The highest BCUT2D eigenvalue weighted by Gasteiger charge is 2.16. The minimum atomic E-state index is -0.283. The summed E-state index contributed by atoms with van der Waals surface area (Å²) in [7, 11) is 0. The van der Waals surface area contributed by atoms with Crippen molar-refractivity contribution < 1.29 is 18.3 Å². The van der Waals surface area contributed by atoms with Crippen LogP contribution in [0.15, 0.2) is 40.8 Å². The molecule has 0 spiro atoms. The van der Waals surface area contributed by atoms with Crippen LogP contribution in [-0.4, -0.2) is 18.3 Å². The molecule has 0 aliphatic carbocycles. The Morgan fingerprint density at radius 3 is 3.04 bits per heavy atom. The van der Waals surface area contributed by atoms with Gasteiger partial charge in [-0.25, -0.2) is 4.39 Å². The molecule has 0 saturated carbocycles. The second kappa shape index (κ2) is 5.89. The van der Waals surface area contributed by atoms with Gasteiger partial charge in [0.25, 0.3) is 6.01 Å². The molecule has 5 nitrogen and oxygen atoms in total. The number of fused-ring (bicyclic) bond motifs is 2. The highest BCUT2D eigenvalue weighted by molar-refractivity contribution is 5.74. The fourth-order valence-electron chi connectivity index (χ4n) is 2.69. The summed E-state index contributed by atoms with van der Waals surface area (Å²) in [6.45, 7) is 1.13. The number of hydrogen-bond acceptors (Lipinski definition) is 5. The Hall–Kier alpha value is -2.60. The SMILES string of the molecule is Fc1cc(CCNc2nc3ccccc3o2)c2c(c1)COCO2. The molecule has 1 aliphatic heterocycles. The molecule has 2 heterocycles. The average molecular weight is 314 g/mol. The zero-order valence-corrected chi connectivity index (χ0v) is 12.3. The van der Waals surface area contributed by atoms with Crippen molar-refractivity contribution in [3.63, 3.8) is 0 Å². The van der Waals surface area contributed by atoms with Gasteiger partial charge in [0.1, 0.15) is 17.1 Å². The number of hydrogen-bond donors (Lipinski definition) is 1. The van der Waals surface area contributed by atoms with Gasteiger partial charge in [-0.05, 0) is 36.2 Å². The maximum atomic E-state index is 13.7. The van der Waals surface area contributed by atoms with Gasteiger partial charge in [0, 0.05) is 12.1 Å². The molecule has 0 bridgehead atoms. The van der Waals surface area contributed by atoms with Gasteiger partial charge in [0.2, 0.25) is 0 Å². The van der Waals surface area contributed by atoms with Gasteiger partial charge in [0.05, 0.1) is 6.61 Å². The zero-order valence-electron chi connectivity index (χ0n) is 12.3. The summed E-state index contributed by atoms with van der Waals surface area (Å²) in [4.78, 5) is 4.35. The molecule has 1 aliphatic rings. The molecular weight excluding hydrogens is 299 g/mol. The van der Waals surface area contributed by atoms with E-state index in [2.05, 4.69) is 10.3 Å². The standard InChI is InChI=1S/C17H15FN2O3/c18-13-7-11(16-12(8-13)9-21-10-22-16)5-6-19-17-20-14-3-1-2-4-15(14)23-17/h1-4,7-8H,5-6,9-10H2,(H,19,20). The molecular formula is C17H15FN2O3. The van der Waals surface area contributed by atoms with Gasteiger partial charge in [-0.15, -0.1) is 0 Å². The predicted molar refractivity (Wildman–Crippen MR) is 82.9 cm³/mol. The van der Waals surface area contributed by atoms with Crippen molar-refractivity contribution in [2.24, 2.45) is 0 Å². The van der Waals surface area contributed by atoms with Crippen LogP contribution in [0, 0.1) is 5.82 Å². The topological polar surface area (TPSA) is 56.5 Å². The fraction of sp³-hybridized carbons (Fsp3) is 0.235. The first-order valence-electron chi connectivity index (χ1n) is 7.41. The molecule has 6 heteroatoms. The molecule has 1 N–H and O–H groups in total.